The third-order valence-electron chi connectivity index (χ3n) is 3.20. The van der Waals surface area contributed by atoms with E-state index in [9.17, 15) is 5.11 Å². The third kappa shape index (κ3) is 5.19. The summed E-state index contributed by atoms with van der Waals surface area (Å²) in [5, 5.41) is 12.5. The molecule has 0 aliphatic carbocycles. The number of nitrogens with one attached hydrogen (secondary N) is 1. The smallest absolute Gasteiger partial charge is 0.122 e. The zero-order valence-corrected chi connectivity index (χ0v) is 12.1. The Labute approximate surface area is 116 Å². The number of methoxy groups -OCH3 is 1. The van der Waals surface area contributed by atoms with Crippen LogP contribution in [0.3, 0.4) is 0 Å². The molecule has 0 radical (unpaired) electrons. The van der Waals surface area contributed by atoms with Gasteiger partial charge < -0.3 is 20.9 Å². The average Bonchev–Trinajstić information content (AvgIpc) is 2.42. The summed E-state index contributed by atoms with van der Waals surface area (Å²) in [7, 11) is 1.70. The minimum absolute atomic E-state index is 0.291. The van der Waals surface area contributed by atoms with Crippen LogP contribution in [0.4, 0.5) is 0 Å². The molecule has 0 heterocycles. The summed E-state index contributed by atoms with van der Waals surface area (Å²) in [6, 6.07) is 6.38. The van der Waals surface area contributed by atoms with Crippen molar-refractivity contribution in [3.8, 4) is 5.75 Å². The summed E-state index contributed by atoms with van der Waals surface area (Å²) >= 11 is 0. The maximum Gasteiger partial charge on any atom is 0.122 e. The van der Waals surface area contributed by atoms with Crippen LogP contribution in [-0.2, 0) is 6.42 Å². The fourth-order valence-electron chi connectivity index (χ4n) is 1.90. The lowest BCUT2D eigenvalue weighted by atomic mass is 10.00. The molecule has 0 amide bonds. The maximum absolute atomic E-state index is 9.34. The Hall–Kier alpha value is -1.10. The summed E-state index contributed by atoms with van der Waals surface area (Å²) in [6.07, 6.45) is 0.406. The normalized spacial score (nSPS) is 12.7. The Morgan fingerprint density at radius 2 is 2.11 bits per heavy atom. The van der Waals surface area contributed by atoms with Crippen molar-refractivity contribution in [1.29, 1.82) is 0 Å². The first-order valence-corrected chi connectivity index (χ1v) is 6.84. The highest BCUT2D eigenvalue weighted by atomic mass is 16.5. The SMILES string of the molecule is COc1cc(C(C)C)ccc1CCNCC(O)CN. The van der Waals surface area contributed by atoms with E-state index < -0.39 is 6.10 Å². The zero-order chi connectivity index (χ0) is 14.3. The molecule has 0 aromatic heterocycles. The maximum atomic E-state index is 9.34. The van der Waals surface area contributed by atoms with E-state index in [1.54, 1.807) is 7.11 Å². The number of ether oxygens (including phenoxy) is 1. The van der Waals surface area contributed by atoms with Crippen molar-refractivity contribution in [3.63, 3.8) is 0 Å². The molecule has 1 rings (SSSR count). The van der Waals surface area contributed by atoms with Gasteiger partial charge in [-0.15, -0.1) is 0 Å². The van der Waals surface area contributed by atoms with Gasteiger partial charge in [-0.3, -0.25) is 0 Å². The Bertz CT molecular complexity index is 380. The molecule has 0 saturated carbocycles. The number of aliphatic hydroxyl groups is 1. The molecule has 0 spiro atoms. The quantitative estimate of drug-likeness (QED) is 0.620. The van der Waals surface area contributed by atoms with Crippen LogP contribution in [0, 0.1) is 0 Å². The average molecular weight is 266 g/mol. The van der Waals surface area contributed by atoms with Crippen LogP contribution in [-0.4, -0.2) is 38.0 Å². The minimum atomic E-state index is -0.467. The van der Waals surface area contributed by atoms with E-state index in [-0.39, 0.29) is 0 Å². The second-order valence-electron chi connectivity index (χ2n) is 5.07. The van der Waals surface area contributed by atoms with Crippen molar-refractivity contribution in [2.75, 3.05) is 26.7 Å². The fourth-order valence-corrected chi connectivity index (χ4v) is 1.90. The van der Waals surface area contributed by atoms with Crippen molar-refractivity contribution < 1.29 is 9.84 Å². The Morgan fingerprint density at radius 1 is 1.37 bits per heavy atom. The highest BCUT2D eigenvalue weighted by Crippen LogP contribution is 2.24. The zero-order valence-electron chi connectivity index (χ0n) is 12.1. The van der Waals surface area contributed by atoms with E-state index in [0.717, 1.165) is 18.7 Å². The molecule has 4 nitrogen and oxygen atoms in total. The molecule has 0 aliphatic heterocycles. The summed E-state index contributed by atoms with van der Waals surface area (Å²) in [5.74, 6) is 1.44. The number of hydrogen-bond donors (Lipinski definition) is 3. The minimum Gasteiger partial charge on any atom is -0.496 e. The molecule has 1 atom stereocenters. The van der Waals surface area contributed by atoms with Gasteiger partial charge in [0, 0.05) is 13.1 Å². The van der Waals surface area contributed by atoms with Gasteiger partial charge in [-0.05, 0) is 36.1 Å². The van der Waals surface area contributed by atoms with Gasteiger partial charge in [0.2, 0.25) is 0 Å². The van der Waals surface area contributed by atoms with Gasteiger partial charge in [0.25, 0.3) is 0 Å². The second-order valence-corrected chi connectivity index (χ2v) is 5.07. The van der Waals surface area contributed by atoms with Crippen LogP contribution in [0.15, 0.2) is 18.2 Å². The predicted molar refractivity (Wildman–Crippen MR) is 78.7 cm³/mol. The second kappa shape index (κ2) is 8.15. The predicted octanol–water partition coefficient (Wildman–Crippen LogP) is 1.27. The number of aliphatic hydroxyl groups excluding tert-OH is 1. The van der Waals surface area contributed by atoms with Crippen LogP contribution >= 0.6 is 0 Å². The van der Waals surface area contributed by atoms with Gasteiger partial charge in [-0.1, -0.05) is 26.0 Å². The van der Waals surface area contributed by atoms with Gasteiger partial charge in [0.1, 0.15) is 5.75 Å². The van der Waals surface area contributed by atoms with Crippen molar-refractivity contribution in [2.24, 2.45) is 5.73 Å². The lowest BCUT2D eigenvalue weighted by Crippen LogP contribution is -2.33. The van der Waals surface area contributed by atoms with Crippen molar-refractivity contribution >= 4 is 0 Å². The third-order valence-corrected chi connectivity index (χ3v) is 3.20. The summed E-state index contributed by atoms with van der Waals surface area (Å²) in [5.41, 5.74) is 7.81. The summed E-state index contributed by atoms with van der Waals surface area (Å²) < 4.78 is 5.44. The highest BCUT2D eigenvalue weighted by molar-refractivity contribution is 5.38. The van der Waals surface area contributed by atoms with E-state index >= 15 is 0 Å². The van der Waals surface area contributed by atoms with Gasteiger partial charge >= 0.3 is 0 Å². The molecule has 1 aromatic rings. The van der Waals surface area contributed by atoms with Gasteiger partial charge in [0.05, 0.1) is 13.2 Å². The number of hydrogen-bond acceptors (Lipinski definition) is 4. The lowest BCUT2D eigenvalue weighted by molar-refractivity contribution is 0.180. The molecule has 1 aromatic carbocycles. The van der Waals surface area contributed by atoms with Crippen LogP contribution in [0.25, 0.3) is 0 Å². The number of rotatable bonds is 8. The standard InChI is InChI=1S/C15H26N2O2/c1-11(2)13-5-4-12(15(8-13)19-3)6-7-17-10-14(18)9-16/h4-5,8,11,14,17-18H,6-7,9-10,16H2,1-3H3. The molecule has 108 valence electrons. The fraction of sp³-hybridized carbons (Fsp3) is 0.600. The van der Waals surface area contributed by atoms with E-state index in [1.165, 1.54) is 11.1 Å². The van der Waals surface area contributed by atoms with Crippen LogP contribution in [0.1, 0.15) is 30.9 Å². The lowest BCUT2D eigenvalue weighted by Gasteiger charge is -2.13. The van der Waals surface area contributed by atoms with E-state index in [4.69, 9.17) is 10.5 Å². The Balaban J connectivity index is 2.53. The van der Waals surface area contributed by atoms with Crippen molar-refractivity contribution in [3.05, 3.63) is 29.3 Å². The molecular weight excluding hydrogens is 240 g/mol. The molecule has 4 N–H and O–H groups in total. The first-order chi connectivity index (χ1) is 9.08. The summed E-state index contributed by atoms with van der Waals surface area (Å²) in [6.45, 7) is 5.96. The number of nitrogens with two attached hydrogens (primary N) is 1. The van der Waals surface area contributed by atoms with E-state index in [0.29, 0.717) is 19.0 Å². The molecule has 0 fully saturated rings. The Kier molecular flexibility index (Phi) is 6.84. The largest absolute Gasteiger partial charge is 0.496 e. The van der Waals surface area contributed by atoms with Gasteiger partial charge in [-0.2, -0.15) is 0 Å². The molecule has 0 bridgehead atoms. The van der Waals surface area contributed by atoms with Crippen LogP contribution < -0.4 is 15.8 Å². The van der Waals surface area contributed by atoms with Crippen molar-refractivity contribution in [2.45, 2.75) is 32.3 Å². The molecule has 1 unspecified atom stereocenters. The topological polar surface area (TPSA) is 67.5 Å². The first-order valence-electron chi connectivity index (χ1n) is 6.84. The van der Waals surface area contributed by atoms with Crippen LogP contribution in [0.5, 0.6) is 5.75 Å². The van der Waals surface area contributed by atoms with E-state index in [2.05, 4.69) is 37.4 Å². The first kappa shape index (κ1) is 16.0. The highest BCUT2D eigenvalue weighted by Gasteiger charge is 2.07. The molecular formula is C15H26N2O2. The number of benzene rings is 1. The molecule has 19 heavy (non-hydrogen) atoms. The Morgan fingerprint density at radius 3 is 2.68 bits per heavy atom. The molecule has 0 aliphatic rings. The molecule has 0 saturated heterocycles. The van der Waals surface area contributed by atoms with Crippen LogP contribution in [0.2, 0.25) is 0 Å². The van der Waals surface area contributed by atoms with E-state index in [1.807, 2.05) is 0 Å². The van der Waals surface area contributed by atoms with Crippen molar-refractivity contribution in [1.82, 2.24) is 5.32 Å². The monoisotopic (exact) mass is 266 g/mol. The molecule has 4 heteroatoms. The van der Waals surface area contributed by atoms with Gasteiger partial charge in [0.15, 0.2) is 0 Å². The summed E-state index contributed by atoms with van der Waals surface area (Å²) in [4.78, 5) is 0. The van der Waals surface area contributed by atoms with Gasteiger partial charge in [-0.25, -0.2) is 0 Å².